The predicted octanol–water partition coefficient (Wildman–Crippen LogP) is 5.31. The summed E-state index contributed by atoms with van der Waals surface area (Å²) in [5.41, 5.74) is 5.26. The molecule has 0 atom stereocenters. The molecule has 8 heteroatoms. The van der Waals surface area contributed by atoms with Gasteiger partial charge >= 0.3 is 0 Å². The Kier molecular flexibility index (Phi) is 6.94. The smallest absolute Gasteiger partial charge is 0.140 e. The summed E-state index contributed by atoms with van der Waals surface area (Å²) in [7, 11) is -1.15. The van der Waals surface area contributed by atoms with Crippen molar-refractivity contribution in [2.75, 3.05) is 37.8 Å². The van der Waals surface area contributed by atoms with Crippen LogP contribution in [0, 0.1) is 0 Å². The van der Waals surface area contributed by atoms with Crippen molar-refractivity contribution in [1.82, 2.24) is 19.7 Å². The van der Waals surface area contributed by atoms with Gasteiger partial charge in [0.05, 0.1) is 18.7 Å². The van der Waals surface area contributed by atoms with E-state index in [1.807, 2.05) is 29.2 Å². The van der Waals surface area contributed by atoms with Crippen LogP contribution in [0.2, 0.25) is 25.7 Å². The van der Waals surface area contributed by atoms with E-state index in [1.54, 1.807) is 6.20 Å². The standard InChI is InChI=1S/C27H33N5O2Si/c1-35(2,3)16-15-34-20-32-25-7-6-21(23-5-4-9-28-19-23)17-24(25)27(30-32)22-8-10-29-26(18-22)31-11-13-33-14-12-31/h4-10,17-19H,11-16,20H2,1-3H3. The molecule has 1 fully saturated rings. The number of pyridine rings is 2. The minimum absolute atomic E-state index is 0.439. The molecule has 182 valence electrons. The summed E-state index contributed by atoms with van der Waals surface area (Å²) in [6, 6.07) is 15.8. The average Bonchev–Trinajstić information content (AvgIpc) is 3.25. The minimum atomic E-state index is -1.15. The van der Waals surface area contributed by atoms with E-state index in [1.165, 1.54) is 0 Å². The van der Waals surface area contributed by atoms with Crippen LogP contribution in [0.25, 0.3) is 33.3 Å². The molecule has 0 amide bonds. The van der Waals surface area contributed by atoms with Crippen molar-refractivity contribution in [3.63, 3.8) is 0 Å². The Bertz CT molecular complexity index is 1280. The lowest BCUT2D eigenvalue weighted by Crippen LogP contribution is -2.36. The maximum Gasteiger partial charge on any atom is 0.140 e. The third-order valence-corrected chi connectivity index (χ3v) is 8.01. The number of rotatable bonds is 8. The number of morpholine rings is 1. The summed E-state index contributed by atoms with van der Waals surface area (Å²) >= 11 is 0. The van der Waals surface area contributed by atoms with Crippen LogP contribution >= 0.6 is 0 Å². The summed E-state index contributed by atoms with van der Waals surface area (Å²) < 4.78 is 13.6. The van der Waals surface area contributed by atoms with Gasteiger partial charge in [0, 0.05) is 62.9 Å². The van der Waals surface area contributed by atoms with Crippen molar-refractivity contribution < 1.29 is 9.47 Å². The molecule has 35 heavy (non-hydrogen) atoms. The van der Waals surface area contributed by atoms with Crippen molar-refractivity contribution >= 4 is 24.8 Å². The Morgan fingerprint density at radius 3 is 2.60 bits per heavy atom. The Morgan fingerprint density at radius 1 is 0.971 bits per heavy atom. The van der Waals surface area contributed by atoms with Crippen LogP contribution in [0.4, 0.5) is 5.82 Å². The molecule has 3 aromatic heterocycles. The van der Waals surface area contributed by atoms with E-state index in [9.17, 15) is 0 Å². The molecule has 5 rings (SSSR count). The van der Waals surface area contributed by atoms with Gasteiger partial charge < -0.3 is 14.4 Å². The van der Waals surface area contributed by atoms with Crippen LogP contribution < -0.4 is 4.90 Å². The Morgan fingerprint density at radius 2 is 1.83 bits per heavy atom. The summed E-state index contributed by atoms with van der Waals surface area (Å²) in [6.07, 6.45) is 5.57. The van der Waals surface area contributed by atoms with Gasteiger partial charge in [-0.3, -0.25) is 4.98 Å². The first-order valence-electron chi connectivity index (χ1n) is 12.3. The van der Waals surface area contributed by atoms with Gasteiger partial charge in [-0.1, -0.05) is 31.8 Å². The molecule has 0 bridgehead atoms. The second-order valence-electron chi connectivity index (χ2n) is 10.2. The third kappa shape index (κ3) is 5.61. The quantitative estimate of drug-likeness (QED) is 0.248. The maximum absolute atomic E-state index is 6.08. The second kappa shape index (κ2) is 10.3. The van der Waals surface area contributed by atoms with Gasteiger partial charge in [-0.05, 0) is 41.9 Å². The molecule has 0 N–H and O–H groups in total. The Labute approximate surface area is 207 Å². The molecule has 1 saturated heterocycles. The normalized spacial score (nSPS) is 14.5. The maximum atomic E-state index is 6.08. The van der Waals surface area contributed by atoms with Gasteiger partial charge in [-0.15, -0.1) is 0 Å². The van der Waals surface area contributed by atoms with E-state index in [0.717, 1.165) is 78.1 Å². The van der Waals surface area contributed by atoms with Gasteiger partial charge in [0.2, 0.25) is 0 Å². The lowest BCUT2D eigenvalue weighted by molar-refractivity contribution is 0.0818. The number of benzene rings is 1. The molecule has 4 aromatic rings. The van der Waals surface area contributed by atoms with E-state index in [2.05, 4.69) is 64.8 Å². The molecule has 4 heterocycles. The number of hydrogen-bond donors (Lipinski definition) is 0. The molecule has 7 nitrogen and oxygen atoms in total. The molecule has 1 aliphatic heterocycles. The molecule has 0 radical (unpaired) electrons. The number of anilines is 1. The molecule has 1 aliphatic rings. The van der Waals surface area contributed by atoms with Crippen molar-refractivity contribution in [3.05, 3.63) is 61.1 Å². The zero-order valence-corrected chi connectivity index (χ0v) is 21.8. The lowest BCUT2D eigenvalue weighted by atomic mass is 10.0. The highest BCUT2D eigenvalue weighted by atomic mass is 28.3. The third-order valence-electron chi connectivity index (χ3n) is 6.31. The highest BCUT2D eigenvalue weighted by Gasteiger charge is 2.18. The predicted molar refractivity (Wildman–Crippen MR) is 143 cm³/mol. The van der Waals surface area contributed by atoms with Crippen LogP contribution in [0.15, 0.2) is 61.1 Å². The van der Waals surface area contributed by atoms with Crippen molar-refractivity contribution in [1.29, 1.82) is 0 Å². The average molecular weight is 488 g/mol. The zero-order valence-electron chi connectivity index (χ0n) is 20.8. The van der Waals surface area contributed by atoms with Gasteiger partial charge in [-0.25, -0.2) is 9.67 Å². The van der Waals surface area contributed by atoms with Crippen LogP contribution in [-0.4, -0.2) is 60.7 Å². The molecular formula is C27H33N5O2Si. The van der Waals surface area contributed by atoms with Crippen molar-refractivity contribution in [3.8, 4) is 22.4 Å². The minimum Gasteiger partial charge on any atom is -0.378 e. The van der Waals surface area contributed by atoms with E-state index in [0.29, 0.717) is 6.73 Å². The second-order valence-corrected chi connectivity index (χ2v) is 15.8. The first-order chi connectivity index (χ1) is 17.0. The summed E-state index contributed by atoms with van der Waals surface area (Å²) in [5.74, 6) is 0.961. The van der Waals surface area contributed by atoms with E-state index >= 15 is 0 Å². The van der Waals surface area contributed by atoms with Gasteiger partial charge in [0.1, 0.15) is 18.2 Å². The fourth-order valence-electron chi connectivity index (χ4n) is 4.26. The highest BCUT2D eigenvalue weighted by molar-refractivity contribution is 6.76. The van der Waals surface area contributed by atoms with E-state index < -0.39 is 8.07 Å². The van der Waals surface area contributed by atoms with Crippen LogP contribution in [0.3, 0.4) is 0 Å². The fourth-order valence-corrected chi connectivity index (χ4v) is 5.02. The van der Waals surface area contributed by atoms with E-state index in [-0.39, 0.29) is 0 Å². The number of ether oxygens (including phenoxy) is 2. The van der Waals surface area contributed by atoms with Crippen LogP contribution in [0.1, 0.15) is 0 Å². The van der Waals surface area contributed by atoms with Crippen molar-refractivity contribution in [2.24, 2.45) is 0 Å². The zero-order chi connectivity index (χ0) is 24.3. The first-order valence-corrected chi connectivity index (χ1v) is 16.0. The van der Waals surface area contributed by atoms with Crippen LogP contribution in [-0.2, 0) is 16.2 Å². The molecule has 0 spiro atoms. The number of fused-ring (bicyclic) bond motifs is 1. The Balaban J connectivity index is 1.52. The molecular weight excluding hydrogens is 454 g/mol. The number of hydrogen-bond acceptors (Lipinski definition) is 6. The molecule has 1 aromatic carbocycles. The summed E-state index contributed by atoms with van der Waals surface area (Å²) in [6.45, 7) is 11.5. The van der Waals surface area contributed by atoms with Gasteiger partial charge in [0.25, 0.3) is 0 Å². The number of aromatic nitrogens is 4. The fraction of sp³-hybridized carbons (Fsp3) is 0.370. The van der Waals surface area contributed by atoms with E-state index in [4.69, 9.17) is 14.6 Å². The lowest BCUT2D eigenvalue weighted by Gasteiger charge is -2.27. The summed E-state index contributed by atoms with van der Waals surface area (Å²) in [5, 5.41) is 6.13. The molecule has 0 saturated carbocycles. The highest BCUT2D eigenvalue weighted by Crippen LogP contribution is 2.33. The monoisotopic (exact) mass is 487 g/mol. The van der Waals surface area contributed by atoms with Crippen molar-refractivity contribution in [2.45, 2.75) is 32.4 Å². The topological polar surface area (TPSA) is 65.3 Å². The van der Waals surface area contributed by atoms with Gasteiger partial charge in [0.15, 0.2) is 0 Å². The van der Waals surface area contributed by atoms with Crippen LogP contribution in [0.5, 0.6) is 0 Å². The molecule has 0 unspecified atom stereocenters. The van der Waals surface area contributed by atoms with Gasteiger partial charge in [-0.2, -0.15) is 5.10 Å². The largest absolute Gasteiger partial charge is 0.378 e. The SMILES string of the molecule is C[Si](C)(C)CCOCn1nc(-c2ccnc(N3CCOCC3)c2)c2cc(-c3cccnc3)ccc21. The summed E-state index contributed by atoms with van der Waals surface area (Å²) in [4.78, 5) is 11.2. The first kappa shape index (κ1) is 23.7. The number of nitrogens with zero attached hydrogens (tertiary/aromatic N) is 5. The molecule has 0 aliphatic carbocycles. The Hall–Kier alpha value is -3.07.